The predicted octanol–water partition coefficient (Wildman–Crippen LogP) is 25.3. The Morgan fingerprint density at radius 2 is 0.698 bits per heavy atom. The van der Waals surface area contributed by atoms with Gasteiger partial charge >= 0.3 is 0 Å². The fourth-order valence-corrected chi connectivity index (χ4v) is 17.8. The van der Waals surface area contributed by atoms with Crippen LogP contribution in [0.1, 0.15) is 105 Å². The molecule has 20 rings (SSSR count). The van der Waals surface area contributed by atoms with E-state index < -0.39 is 0 Å². The fraction of sp³-hybridized carbons (Fsp3) is 0.160. The van der Waals surface area contributed by atoms with E-state index >= 15 is 0 Å². The summed E-state index contributed by atoms with van der Waals surface area (Å²) in [5.74, 6) is 1.68. The third-order valence-electron chi connectivity index (χ3n) is 23.4. The Balaban J connectivity index is 0.903. The van der Waals surface area contributed by atoms with Gasteiger partial charge in [-0.2, -0.15) is 0 Å². The molecule has 0 N–H and O–H groups in total. The smallest absolute Gasteiger partial charge is 0.256 e. The van der Waals surface area contributed by atoms with Crippen LogP contribution in [0.3, 0.4) is 0 Å². The van der Waals surface area contributed by atoms with Crippen LogP contribution in [0.25, 0.3) is 138 Å². The van der Waals surface area contributed by atoms with E-state index in [1.54, 1.807) is 0 Å². The monoisotopic (exact) mass is 1370 g/mol. The third kappa shape index (κ3) is 9.75. The van der Waals surface area contributed by atoms with Gasteiger partial charge in [0.2, 0.25) is 0 Å². The van der Waals surface area contributed by atoms with E-state index in [-0.39, 0.29) is 28.4 Å². The van der Waals surface area contributed by atoms with Crippen LogP contribution in [0.15, 0.2) is 285 Å². The number of ether oxygens (including phenoxy) is 1. The summed E-state index contributed by atoms with van der Waals surface area (Å²) >= 11 is 0. The lowest BCUT2D eigenvalue weighted by atomic mass is 9.34. The van der Waals surface area contributed by atoms with Crippen molar-refractivity contribution in [2.24, 2.45) is 0 Å². The van der Waals surface area contributed by atoms with Crippen molar-refractivity contribution in [1.82, 2.24) is 13.5 Å². The van der Waals surface area contributed by atoms with Crippen molar-refractivity contribution >= 4 is 122 Å². The highest BCUT2D eigenvalue weighted by atomic mass is 16.5. The second-order valence-corrected chi connectivity index (χ2v) is 34.1. The molecule has 106 heavy (non-hydrogen) atoms. The molecule has 14 aromatic carbocycles. The van der Waals surface area contributed by atoms with Gasteiger partial charge in [-0.1, -0.05) is 253 Å². The summed E-state index contributed by atoms with van der Waals surface area (Å²) in [4.78, 5) is 2.66. The predicted molar refractivity (Wildman–Crippen MR) is 452 cm³/mol. The van der Waals surface area contributed by atoms with Gasteiger partial charge in [0.15, 0.2) is 0 Å². The second-order valence-electron chi connectivity index (χ2n) is 34.1. The molecule has 2 aliphatic rings. The lowest BCUT2D eigenvalue weighted by Crippen LogP contribution is -2.59. The molecule has 0 aliphatic carbocycles. The molecule has 0 radical (unpaired) electrons. The third-order valence-corrected chi connectivity index (χ3v) is 23.4. The molecule has 18 aromatic rings. The molecule has 6 heterocycles. The molecule has 512 valence electrons. The summed E-state index contributed by atoms with van der Waals surface area (Å²) in [7, 11) is 0. The van der Waals surface area contributed by atoms with Crippen molar-refractivity contribution in [2.75, 3.05) is 4.90 Å². The van der Waals surface area contributed by atoms with Gasteiger partial charge in [0.05, 0.1) is 44.3 Å². The van der Waals surface area contributed by atoms with Crippen LogP contribution in [0.4, 0.5) is 17.1 Å². The van der Waals surface area contributed by atoms with Gasteiger partial charge < -0.3 is 23.2 Å². The average molecular weight is 1370 g/mol. The largest absolute Gasteiger partial charge is 0.458 e. The quantitative estimate of drug-likeness (QED) is 0.149. The molecule has 0 amide bonds. The van der Waals surface area contributed by atoms with Crippen LogP contribution in [0, 0.1) is 0 Å². The molecular formula is C100H83BN4O. The van der Waals surface area contributed by atoms with E-state index in [1.807, 2.05) is 0 Å². The molecule has 0 saturated heterocycles. The molecule has 4 aromatic heterocycles. The van der Waals surface area contributed by atoms with Gasteiger partial charge in [0.1, 0.15) is 11.5 Å². The molecule has 0 spiro atoms. The lowest BCUT2D eigenvalue weighted by molar-refractivity contribution is 0.487. The number of nitrogens with zero attached hydrogens (tertiary/aromatic N) is 4. The first-order chi connectivity index (χ1) is 51.1. The number of para-hydroxylation sites is 2. The van der Waals surface area contributed by atoms with Gasteiger partial charge in [0, 0.05) is 83.0 Å². The fourth-order valence-electron chi connectivity index (χ4n) is 17.8. The number of fused-ring (bicyclic) bond motifs is 16. The van der Waals surface area contributed by atoms with Crippen molar-refractivity contribution < 1.29 is 4.74 Å². The average Bonchev–Trinajstić information content (AvgIpc) is 1.33. The van der Waals surface area contributed by atoms with Gasteiger partial charge in [-0.15, -0.1) is 0 Å². The van der Waals surface area contributed by atoms with E-state index in [0.29, 0.717) is 0 Å². The minimum Gasteiger partial charge on any atom is -0.458 e. The highest BCUT2D eigenvalue weighted by Crippen LogP contribution is 2.53. The van der Waals surface area contributed by atoms with E-state index in [1.165, 1.54) is 109 Å². The number of anilines is 3. The van der Waals surface area contributed by atoms with Crippen LogP contribution < -0.4 is 26.0 Å². The summed E-state index contributed by atoms with van der Waals surface area (Å²) in [5, 5.41) is 10.0. The van der Waals surface area contributed by atoms with E-state index in [2.05, 4.69) is 387 Å². The topological polar surface area (TPSA) is 26.7 Å². The minimum atomic E-state index is -0.249. The molecule has 5 nitrogen and oxygen atoms in total. The van der Waals surface area contributed by atoms with Crippen LogP contribution in [0.5, 0.6) is 11.5 Å². The van der Waals surface area contributed by atoms with Crippen LogP contribution in [-0.2, 0) is 21.7 Å². The maximum Gasteiger partial charge on any atom is 0.256 e. The molecule has 0 atom stereocenters. The van der Waals surface area contributed by atoms with Gasteiger partial charge in [-0.3, -0.25) is 0 Å². The number of aromatic nitrogens is 3. The van der Waals surface area contributed by atoms with E-state index in [4.69, 9.17) is 4.74 Å². The maximum atomic E-state index is 7.91. The van der Waals surface area contributed by atoms with Crippen molar-refractivity contribution in [2.45, 2.75) is 105 Å². The molecule has 0 saturated carbocycles. The first-order valence-corrected chi connectivity index (χ1v) is 37.7. The summed E-state index contributed by atoms with van der Waals surface area (Å²) < 4.78 is 15.4. The summed E-state index contributed by atoms with van der Waals surface area (Å²) in [6.45, 7) is 27.6. The van der Waals surface area contributed by atoms with Crippen LogP contribution in [0.2, 0.25) is 0 Å². The highest BCUT2D eigenvalue weighted by Gasteiger charge is 2.44. The van der Waals surface area contributed by atoms with E-state index in [9.17, 15) is 0 Å². The molecule has 6 heteroatoms. The number of benzene rings is 14. The Morgan fingerprint density at radius 3 is 1.22 bits per heavy atom. The summed E-state index contributed by atoms with van der Waals surface area (Å²) in [6.07, 6.45) is 0. The zero-order valence-electron chi connectivity index (χ0n) is 62.4. The zero-order chi connectivity index (χ0) is 72.2. The molecular weight excluding hydrogens is 1280 g/mol. The normalized spacial score (nSPS) is 13.3. The van der Waals surface area contributed by atoms with Crippen molar-refractivity contribution in [3.8, 4) is 67.4 Å². The lowest BCUT2D eigenvalue weighted by Gasteiger charge is -2.42. The Kier molecular flexibility index (Phi) is 13.7. The standard InChI is InChI=1S/C100H83BN4O/c1-97(2,3)66-36-45-85-78(54-66)79-55-67(98(4,5)6)37-46-86(79)102(85)70-40-42-82-90(58-70)105(96-75(61-27-18-14-19-28-61)50-64(60-25-16-13-17-26-60)51-76(96)62-29-20-15-21-30-62)91-52-65(63-35-44-89-77(49-63)74-33-24-32-73-72-31-22-23-34-84(72)104(89)95(73)74)53-93-94(91)101(82)83-43-41-71(59-92(83)106-93)103-87-47-38-68(99(7,8)9)56-80(87)81-57-69(100(10,11)12)39-48-88(81)103/h13-59H,1-12H3. The Bertz CT molecular complexity index is 6500. The number of hydrogen-bond donors (Lipinski definition) is 0. The Morgan fingerprint density at radius 1 is 0.274 bits per heavy atom. The first kappa shape index (κ1) is 63.8. The van der Waals surface area contributed by atoms with Crippen molar-refractivity contribution in [1.29, 1.82) is 0 Å². The molecule has 0 bridgehead atoms. The summed E-state index contributed by atoms with van der Waals surface area (Å²) in [6, 6.07) is 109. The number of rotatable bonds is 7. The van der Waals surface area contributed by atoms with Gasteiger partial charge in [0.25, 0.3) is 6.71 Å². The van der Waals surface area contributed by atoms with Crippen molar-refractivity contribution in [3.63, 3.8) is 0 Å². The molecule has 0 fully saturated rings. The highest BCUT2D eigenvalue weighted by molar-refractivity contribution is 6.99. The minimum absolute atomic E-state index is 0.0379. The van der Waals surface area contributed by atoms with Crippen molar-refractivity contribution in [3.05, 3.63) is 307 Å². The molecule has 0 unspecified atom stereocenters. The van der Waals surface area contributed by atoms with Gasteiger partial charge in [-0.05, 0) is 203 Å². The SMILES string of the molecule is CC(C)(C)c1ccc2c(c1)c1cc(C(C)(C)C)ccc1n2-c1ccc2c(c1)Oc1cc(-c3ccc4c(c3)c3cccc5c6ccccc6n4c53)cc3c1B2c1ccc(-n2c4ccc(C(C)(C)C)cc4c4cc(C(C)(C)C)ccc42)cc1N3c1c(-c2ccccc2)cc(-c2ccccc2)cc1-c1ccccc1. The van der Waals surface area contributed by atoms with E-state index in [0.717, 1.165) is 95.4 Å². The van der Waals surface area contributed by atoms with Crippen LogP contribution >= 0.6 is 0 Å². The molecule has 2 aliphatic heterocycles. The first-order valence-electron chi connectivity index (χ1n) is 37.7. The Labute approximate surface area is 620 Å². The Hall–Kier alpha value is -11.9. The van der Waals surface area contributed by atoms with Gasteiger partial charge in [-0.25, -0.2) is 0 Å². The maximum absolute atomic E-state index is 7.91. The summed E-state index contributed by atoms with van der Waals surface area (Å²) in [5.41, 5.74) is 31.2. The zero-order valence-corrected chi connectivity index (χ0v) is 62.4. The van der Waals surface area contributed by atoms with Crippen LogP contribution in [-0.4, -0.2) is 20.2 Å². The second kappa shape index (κ2) is 22.8. The number of hydrogen-bond acceptors (Lipinski definition) is 2.